The highest BCUT2D eigenvalue weighted by molar-refractivity contribution is 5.96. The summed E-state index contributed by atoms with van der Waals surface area (Å²) in [7, 11) is 1.57. The summed E-state index contributed by atoms with van der Waals surface area (Å²) in [5.74, 6) is -0.202. The monoisotopic (exact) mass is 281 g/mol. The number of amides is 1. The summed E-state index contributed by atoms with van der Waals surface area (Å²) in [6, 6.07) is 4.24. The van der Waals surface area contributed by atoms with E-state index < -0.39 is 4.92 Å². The van der Waals surface area contributed by atoms with Crippen molar-refractivity contribution in [1.82, 2.24) is 4.90 Å². The topological polar surface area (TPSA) is 95.7 Å². The highest BCUT2D eigenvalue weighted by Crippen LogP contribution is 2.25. The van der Waals surface area contributed by atoms with Crippen LogP contribution in [0.5, 0.6) is 0 Å². The molecule has 1 amide bonds. The molecule has 0 unspecified atom stereocenters. The van der Waals surface area contributed by atoms with Crippen LogP contribution in [0, 0.1) is 10.1 Å². The van der Waals surface area contributed by atoms with E-state index >= 15 is 0 Å². The predicted octanol–water partition coefficient (Wildman–Crippen LogP) is 1.48. The first kappa shape index (κ1) is 15.9. The van der Waals surface area contributed by atoms with Crippen molar-refractivity contribution >= 4 is 17.3 Å². The third-order valence-corrected chi connectivity index (χ3v) is 2.96. The summed E-state index contributed by atoms with van der Waals surface area (Å²) in [5.41, 5.74) is 0.626. The minimum atomic E-state index is -0.497. The molecule has 1 aromatic carbocycles. The van der Waals surface area contributed by atoms with E-state index in [0.717, 1.165) is 0 Å². The summed E-state index contributed by atoms with van der Waals surface area (Å²) >= 11 is 0. The number of anilines is 1. The number of hydrogen-bond acceptors (Lipinski definition) is 5. The van der Waals surface area contributed by atoms with Crippen LogP contribution in [0.4, 0.5) is 11.4 Å². The standard InChI is InChI=1S/C13H19N3O4/c1-3-15(7-4-8-17)13(18)10-5-6-12(16(19)20)11(9-10)14-2/h5-6,9,14,17H,3-4,7-8H2,1-2H3. The van der Waals surface area contributed by atoms with Gasteiger partial charge in [0.05, 0.1) is 4.92 Å². The smallest absolute Gasteiger partial charge is 0.292 e. The van der Waals surface area contributed by atoms with Gasteiger partial charge in [-0.3, -0.25) is 14.9 Å². The van der Waals surface area contributed by atoms with Crippen molar-refractivity contribution in [3.05, 3.63) is 33.9 Å². The van der Waals surface area contributed by atoms with E-state index in [9.17, 15) is 14.9 Å². The van der Waals surface area contributed by atoms with Crippen LogP contribution in [0.2, 0.25) is 0 Å². The SMILES string of the molecule is CCN(CCCO)C(=O)c1ccc([N+](=O)[O-])c(NC)c1. The molecule has 20 heavy (non-hydrogen) atoms. The van der Waals surface area contributed by atoms with Crippen LogP contribution in [0.3, 0.4) is 0 Å². The molecule has 0 aliphatic carbocycles. The van der Waals surface area contributed by atoms with Crippen LogP contribution in [0.25, 0.3) is 0 Å². The third-order valence-electron chi connectivity index (χ3n) is 2.96. The average molecular weight is 281 g/mol. The highest BCUT2D eigenvalue weighted by atomic mass is 16.6. The van der Waals surface area contributed by atoms with Gasteiger partial charge in [-0.2, -0.15) is 0 Å². The van der Waals surface area contributed by atoms with Gasteiger partial charge in [0.15, 0.2) is 0 Å². The van der Waals surface area contributed by atoms with Crippen molar-refractivity contribution in [3.63, 3.8) is 0 Å². The van der Waals surface area contributed by atoms with Gasteiger partial charge in [-0.05, 0) is 25.5 Å². The van der Waals surface area contributed by atoms with E-state index in [1.165, 1.54) is 18.2 Å². The Morgan fingerprint density at radius 3 is 2.70 bits per heavy atom. The van der Waals surface area contributed by atoms with Crippen LogP contribution in [0.15, 0.2) is 18.2 Å². The Balaban J connectivity index is 3.01. The molecule has 0 fully saturated rings. The number of aliphatic hydroxyl groups is 1. The first-order valence-corrected chi connectivity index (χ1v) is 6.41. The zero-order valence-electron chi connectivity index (χ0n) is 11.6. The number of carbonyl (C=O) groups excluding carboxylic acids is 1. The minimum absolute atomic E-state index is 0.0196. The Bertz CT molecular complexity index is 491. The van der Waals surface area contributed by atoms with Gasteiger partial charge in [-0.25, -0.2) is 0 Å². The van der Waals surface area contributed by atoms with E-state index in [1.54, 1.807) is 11.9 Å². The second kappa shape index (κ2) is 7.44. The molecular weight excluding hydrogens is 262 g/mol. The molecule has 7 nitrogen and oxygen atoms in total. The summed E-state index contributed by atoms with van der Waals surface area (Å²) in [6.07, 6.45) is 0.505. The van der Waals surface area contributed by atoms with Crippen molar-refractivity contribution in [3.8, 4) is 0 Å². The van der Waals surface area contributed by atoms with Crippen LogP contribution in [-0.2, 0) is 0 Å². The number of aliphatic hydroxyl groups excluding tert-OH is 1. The van der Waals surface area contributed by atoms with Gasteiger partial charge >= 0.3 is 0 Å². The molecule has 0 aliphatic heterocycles. The summed E-state index contributed by atoms with van der Waals surface area (Å²) < 4.78 is 0. The number of benzene rings is 1. The molecular formula is C13H19N3O4. The normalized spacial score (nSPS) is 10.2. The van der Waals surface area contributed by atoms with E-state index in [1.807, 2.05) is 6.92 Å². The quantitative estimate of drug-likeness (QED) is 0.583. The number of nitro benzene ring substituents is 1. The molecule has 7 heteroatoms. The number of nitrogens with zero attached hydrogens (tertiary/aromatic N) is 2. The van der Waals surface area contributed by atoms with Crippen molar-refractivity contribution in [1.29, 1.82) is 0 Å². The number of hydrogen-bond donors (Lipinski definition) is 2. The number of rotatable bonds is 7. The van der Waals surface area contributed by atoms with Crippen LogP contribution < -0.4 is 5.32 Å². The third kappa shape index (κ3) is 3.67. The minimum Gasteiger partial charge on any atom is -0.396 e. The molecule has 1 rings (SSSR count). The maximum atomic E-state index is 12.3. The molecule has 0 bridgehead atoms. The van der Waals surface area contributed by atoms with Crippen LogP contribution >= 0.6 is 0 Å². The molecule has 0 atom stereocenters. The first-order valence-electron chi connectivity index (χ1n) is 6.41. The van der Waals surface area contributed by atoms with Crippen molar-refractivity contribution in [2.24, 2.45) is 0 Å². The van der Waals surface area contributed by atoms with Gasteiger partial charge in [-0.1, -0.05) is 0 Å². The molecule has 0 spiro atoms. The van der Waals surface area contributed by atoms with Gasteiger partial charge in [0, 0.05) is 38.4 Å². The lowest BCUT2D eigenvalue weighted by Crippen LogP contribution is -2.32. The fourth-order valence-electron chi connectivity index (χ4n) is 1.88. The molecule has 0 heterocycles. The molecule has 0 aliphatic rings. The largest absolute Gasteiger partial charge is 0.396 e. The summed E-state index contributed by atoms with van der Waals surface area (Å²) in [4.78, 5) is 24.2. The van der Waals surface area contributed by atoms with Gasteiger partial charge in [0.25, 0.3) is 11.6 Å². The lowest BCUT2D eigenvalue weighted by Gasteiger charge is -2.20. The zero-order chi connectivity index (χ0) is 15.1. The average Bonchev–Trinajstić information content (AvgIpc) is 2.46. The summed E-state index contributed by atoms with van der Waals surface area (Å²) in [5, 5.41) is 22.4. The van der Waals surface area contributed by atoms with Gasteiger partial charge < -0.3 is 15.3 Å². The van der Waals surface area contributed by atoms with Crippen molar-refractivity contribution in [2.45, 2.75) is 13.3 Å². The maximum Gasteiger partial charge on any atom is 0.292 e. The fourth-order valence-corrected chi connectivity index (χ4v) is 1.88. The predicted molar refractivity (Wildman–Crippen MR) is 75.9 cm³/mol. The Kier molecular flexibility index (Phi) is 5.92. The highest BCUT2D eigenvalue weighted by Gasteiger charge is 2.18. The molecule has 0 aromatic heterocycles. The molecule has 1 aromatic rings. The fraction of sp³-hybridized carbons (Fsp3) is 0.462. The Labute approximate surface area is 117 Å². The molecule has 110 valence electrons. The van der Waals surface area contributed by atoms with E-state index in [2.05, 4.69) is 5.32 Å². The van der Waals surface area contributed by atoms with E-state index in [0.29, 0.717) is 30.8 Å². The maximum absolute atomic E-state index is 12.3. The molecule has 0 radical (unpaired) electrons. The molecule has 0 saturated heterocycles. The van der Waals surface area contributed by atoms with Crippen LogP contribution in [0.1, 0.15) is 23.7 Å². The Morgan fingerprint density at radius 1 is 1.50 bits per heavy atom. The molecule has 2 N–H and O–H groups in total. The van der Waals surface area contributed by atoms with Crippen LogP contribution in [-0.4, -0.2) is 47.6 Å². The van der Waals surface area contributed by atoms with Gasteiger partial charge in [0.2, 0.25) is 0 Å². The number of nitro groups is 1. The first-order chi connectivity index (χ1) is 9.54. The molecule has 0 saturated carbocycles. The Hall–Kier alpha value is -2.15. The second-order valence-corrected chi connectivity index (χ2v) is 4.20. The summed E-state index contributed by atoms with van der Waals surface area (Å²) in [6.45, 7) is 2.84. The number of carbonyl (C=O) groups is 1. The number of nitrogens with one attached hydrogen (secondary N) is 1. The second-order valence-electron chi connectivity index (χ2n) is 4.20. The van der Waals surface area contributed by atoms with E-state index in [-0.39, 0.29) is 18.2 Å². The van der Waals surface area contributed by atoms with Crippen molar-refractivity contribution < 1.29 is 14.8 Å². The Morgan fingerprint density at radius 2 is 2.20 bits per heavy atom. The lowest BCUT2D eigenvalue weighted by molar-refractivity contribution is -0.383. The van der Waals surface area contributed by atoms with Gasteiger partial charge in [-0.15, -0.1) is 0 Å². The lowest BCUT2D eigenvalue weighted by atomic mass is 10.1. The zero-order valence-corrected chi connectivity index (χ0v) is 11.6. The van der Waals surface area contributed by atoms with E-state index in [4.69, 9.17) is 5.11 Å². The van der Waals surface area contributed by atoms with Crippen molar-refractivity contribution in [2.75, 3.05) is 32.1 Å². The van der Waals surface area contributed by atoms with Gasteiger partial charge in [0.1, 0.15) is 5.69 Å².